The van der Waals surface area contributed by atoms with Gasteiger partial charge in [-0.15, -0.1) is 0 Å². The van der Waals surface area contributed by atoms with Crippen LogP contribution >= 0.6 is 15.9 Å². The molecule has 5 heteroatoms. The van der Waals surface area contributed by atoms with Crippen LogP contribution in [0.25, 0.3) is 0 Å². The summed E-state index contributed by atoms with van der Waals surface area (Å²) in [6.45, 7) is 5.69. The second-order valence-electron chi connectivity index (χ2n) is 5.67. The molecule has 0 spiro atoms. The molecule has 20 heavy (non-hydrogen) atoms. The van der Waals surface area contributed by atoms with Gasteiger partial charge in [-0.05, 0) is 44.4 Å². The first kappa shape index (κ1) is 14.2. The van der Waals surface area contributed by atoms with Crippen molar-refractivity contribution in [2.75, 3.05) is 6.79 Å². The van der Waals surface area contributed by atoms with Crippen LogP contribution in [0.4, 0.5) is 0 Å². The molecule has 0 amide bonds. The Morgan fingerprint density at radius 2 is 1.85 bits per heavy atom. The van der Waals surface area contributed by atoms with Crippen LogP contribution in [-0.4, -0.2) is 23.9 Å². The smallest absolute Gasteiger partial charge is 0.231 e. The Balaban J connectivity index is 1.69. The van der Waals surface area contributed by atoms with Gasteiger partial charge >= 0.3 is 0 Å². The highest BCUT2D eigenvalue weighted by Gasteiger charge is 2.24. The van der Waals surface area contributed by atoms with Gasteiger partial charge in [-0.3, -0.25) is 5.43 Å². The highest BCUT2D eigenvalue weighted by atomic mass is 79.9. The molecule has 110 valence electrons. The number of fused-ring (bicyclic) bond motifs is 1. The first-order chi connectivity index (χ1) is 9.65. The Bertz CT molecular complexity index is 485. The summed E-state index contributed by atoms with van der Waals surface area (Å²) in [4.78, 5) is 0. The number of piperidine rings is 1. The summed E-state index contributed by atoms with van der Waals surface area (Å²) in [5.74, 6) is 1.66. The molecular formula is C15H21BrN2O2. The van der Waals surface area contributed by atoms with E-state index in [2.05, 4.69) is 46.3 Å². The molecular weight excluding hydrogens is 320 g/mol. The third-order valence-electron chi connectivity index (χ3n) is 4.19. The Morgan fingerprint density at radius 3 is 2.55 bits per heavy atom. The molecule has 2 atom stereocenters. The standard InChI is InChI=1S/C15H21BrN2O2/c1-10-4-3-5-11(2)18(10)17-8-12-6-14-15(7-13(12)16)20-9-19-14/h6-7,10-11,17H,3-5,8-9H2,1-2H3. The van der Waals surface area contributed by atoms with Crippen molar-refractivity contribution in [3.8, 4) is 11.5 Å². The minimum atomic E-state index is 0.318. The minimum absolute atomic E-state index is 0.318. The molecule has 0 radical (unpaired) electrons. The fourth-order valence-electron chi connectivity index (χ4n) is 3.00. The largest absolute Gasteiger partial charge is 0.454 e. The van der Waals surface area contributed by atoms with Crippen LogP contribution in [0, 0.1) is 0 Å². The second-order valence-corrected chi connectivity index (χ2v) is 6.52. The fourth-order valence-corrected chi connectivity index (χ4v) is 3.47. The Morgan fingerprint density at radius 1 is 1.20 bits per heavy atom. The van der Waals surface area contributed by atoms with Crippen molar-refractivity contribution < 1.29 is 9.47 Å². The molecule has 2 unspecified atom stereocenters. The number of rotatable bonds is 3. The van der Waals surface area contributed by atoms with Gasteiger partial charge in [0, 0.05) is 23.1 Å². The van der Waals surface area contributed by atoms with Gasteiger partial charge < -0.3 is 9.47 Å². The van der Waals surface area contributed by atoms with Gasteiger partial charge in [-0.1, -0.05) is 22.4 Å². The molecule has 2 aliphatic rings. The zero-order chi connectivity index (χ0) is 14.1. The van der Waals surface area contributed by atoms with Crippen molar-refractivity contribution in [2.45, 2.75) is 51.7 Å². The second kappa shape index (κ2) is 5.92. The fraction of sp³-hybridized carbons (Fsp3) is 0.600. The summed E-state index contributed by atoms with van der Waals surface area (Å²) >= 11 is 3.61. The van der Waals surface area contributed by atoms with Gasteiger partial charge in [-0.2, -0.15) is 0 Å². The predicted molar refractivity (Wildman–Crippen MR) is 81.7 cm³/mol. The van der Waals surface area contributed by atoms with E-state index >= 15 is 0 Å². The van der Waals surface area contributed by atoms with Crippen LogP contribution in [0.2, 0.25) is 0 Å². The summed E-state index contributed by atoms with van der Waals surface area (Å²) in [5.41, 5.74) is 4.77. The van der Waals surface area contributed by atoms with E-state index in [0.29, 0.717) is 18.9 Å². The van der Waals surface area contributed by atoms with Gasteiger partial charge in [0.15, 0.2) is 11.5 Å². The maximum absolute atomic E-state index is 5.44. The molecule has 0 aliphatic carbocycles. The lowest BCUT2D eigenvalue weighted by Crippen LogP contribution is -2.51. The van der Waals surface area contributed by atoms with E-state index in [1.807, 2.05) is 6.07 Å². The van der Waals surface area contributed by atoms with Crippen LogP contribution in [0.5, 0.6) is 11.5 Å². The van der Waals surface area contributed by atoms with Gasteiger partial charge in [-0.25, -0.2) is 5.01 Å². The maximum atomic E-state index is 5.44. The molecule has 1 fully saturated rings. The number of nitrogens with zero attached hydrogens (tertiary/aromatic N) is 1. The molecule has 1 saturated heterocycles. The Kier molecular flexibility index (Phi) is 4.19. The van der Waals surface area contributed by atoms with E-state index in [-0.39, 0.29) is 0 Å². The van der Waals surface area contributed by atoms with Crippen molar-refractivity contribution >= 4 is 15.9 Å². The van der Waals surface area contributed by atoms with Crippen molar-refractivity contribution in [3.63, 3.8) is 0 Å². The Labute approximate surface area is 128 Å². The molecule has 1 N–H and O–H groups in total. The normalized spacial score (nSPS) is 25.9. The Hall–Kier alpha value is -0.780. The molecule has 1 aromatic carbocycles. The van der Waals surface area contributed by atoms with E-state index in [9.17, 15) is 0 Å². The van der Waals surface area contributed by atoms with Gasteiger partial charge in [0.1, 0.15) is 0 Å². The first-order valence-corrected chi connectivity index (χ1v) is 8.04. The number of halogens is 1. The number of ether oxygens (including phenoxy) is 2. The van der Waals surface area contributed by atoms with Crippen molar-refractivity contribution in [1.82, 2.24) is 10.4 Å². The van der Waals surface area contributed by atoms with Crippen molar-refractivity contribution in [2.24, 2.45) is 0 Å². The summed E-state index contributed by atoms with van der Waals surface area (Å²) in [6, 6.07) is 5.22. The van der Waals surface area contributed by atoms with Crippen LogP contribution in [0.3, 0.4) is 0 Å². The maximum Gasteiger partial charge on any atom is 0.231 e. The summed E-state index contributed by atoms with van der Waals surface area (Å²) < 4.78 is 11.9. The van der Waals surface area contributed by atoms with E-state index in [4.69, 9.17) is 9.47 Å². The van der Waals surface area contributed by atoms with Crippen molar-refractivity contribution in [1.29, 1.82) is 0 Å². The molecule has 2 heterocycles. The van der Waals surface area contributed by atoms with Crippen LogP contribution in [0.1, 0.15) is 38.7 Å². The third kappa shape index (κ3) is 2.80. The molecule has 3 rings (SSSR count). The lowest BCUT2D eigenvalue weighted by Gasteiger charge is -2.39. The molecule has 4 nitrogen and oxygen atoms in total. The lowest BCUT2D eigenvalue weighted by atomic mass is 10.00. The molecule has 0 aromatic heterocycles. The number of hydrogen-bond donors (Lipinski definition) is 1. The van der Waals surface area contributed by atoms with E-state index in [0.717, 1.165) is 22.5 Å². The van der Waals surface area contributed by atoms with Crippen LogP contribution < -0.4 is 14.9 Å². The zero-order valence-corrected chi connectivity index (χ0v) is 13.6. The van der Waals surface area contributed by atoms with Crippen LogP contribution in [-0.2, 0) is 6.54 Å². The van der Waals surface area contributed by atoms with E-state index in [1.165, 1.54) is 24.8 Å². The quantitative estimate of drug-likeness (QED) is 0.913. The monoisotopic (exact) mass is 340 g/mol. The minimum Gasteiger partial charge on any atom is -0.454 e. The van der Waals surface area contributed by atoms with Crippen molar-refractivity contribution in [3.05, 3.63) is 22.2 Å². The number of hydrogen-bond acceptors (Lipinski definition) is 4. The molecule has 0 saturated carbocycles. The number of nitrogens with one attached hydrogen (secondary N) is 1. The zero-order valence-electron chi connectivity index (χ0n) is 12.0. The van der Waals surface area contributed by atoms with E-state index in [1.54, 1.807) is 0 Å². The lowest BCUT2D eigenvalue weighted by molar-refractivity contribution is 0.0435. The average Bonchev–Trinajstić information content (AvgIpc) is 2.85. The summed E-state index contributed by atoms with van der Waals surface area (Å²) in [5, 5.41) is 2.39. The SMILES string of the molecule is CC1CCCC(C)N1NCc1cc2c(cc1Br)OCO2. The number of benzene rings is 1. The molecule has 1 aromatic rings. The van der Waals surface area contributed by atoms with Gasteiger partial charge in [0.25, 0.3) is 0 Å². The van der Waals surface area contributed by atoms with E-state index < -0.39 is 0 Å². The highest BCUT2D eigenvalue weighted by Crippen LogP contribution is 2.37. The van der Waals surface area contributed by atoms with Crippen LogP contribution in [0.15, 0.2) is 16.6 Å². The van der Waals surface area contributed by atoms with Gasteiger partial charge in [0.2, 0.25) is 6.79 Å². The molecule has 2 aliphatic heterocycles. The first-order valence-electron chi connectivity index (χ1n) is 7.25. The third-order valence-corrected chi connectivity index (χ3v) is 4.93. The number of hydrazine groups is 1. The average molecular weight is 341 g/mol. The topological polar surface area (TPSA) is 33.7 Å². The summed E-state index contributed by atoms with van der Waals surface area (Å²) in [7, 11) is 0. The highest BCUT2D eigenvalue weighted by molar-refractivity contribution is 9.10. The molecule has 0 bridgehead atoms. The van der Waals surface area contributed by atoms with Gasteiger partial charge in [0.05, 0.1) is 0 Å². The summed E-state index contributed by atoms with van der Waals surface area (Å²) in [6.07, 6.45) is 3.85. The predicted octanol–water partition coefficient (Wildman–Crippen LogP) is 3.45.